The van der Waals surface area contributed by atoms with Crippen LogP contribution in [0, 0.1) is 11.6 Å². The molecular weight excluding hydrogens is 363 g/mol. The number of rotatable bonds is 4. The van der Waals surface area contributed by atoms with E-state index in [1.165, 1.54) is 18.3 Å². The first-order valence-electron chi connectivity index (χ1n) is 7.01. The molecule has 0 aliphatic carbocycles. The van der Waals surface area contributed by atoms with Crippen LogP contribution in [0.1, 0.15) is 11.1 Å². The number of hydrogen-bond acceptors (Lipinski definition) is 1. The Morgan fingerprint density at radius 3 is 2.32 bits per heavy atom. The van der Waals surface area contributed by atoms with Crippen LogP contribution in [0.15, 0.2) is 42.6 Å². The molecule has 0 spiro atoms. The van der Waals surface area contributed by atoms with E-state index in [1.807, 2.05) is 0 Å². The molecule has 0 saturated heterocycles. The van der Waals surface area contributed by atoms with E-state index in [0.29, 0.717) is 22.2 Å². The molecule has 3 aromatic rings. The number of hydrogen-bond donors (Lipinski definition) is 2. The van der Waals surface area contributed by atoms with Gasteiger partial charge in [-0.05, 0) is 23.8 Å². The lowest BCUT2D eigenvalue weighted by Crippen LogP contribution is -2.08. The van der Waals surface area contributed by atoms with Crippen LogP contribution in [0.25, 0.3) is 10.9 Å². The summed E-state index contributed by atoms with van der Waals surface area (Å²) in [7, 11) is -1.66. The van der Waals surface area contributed by atoms with Crippen molar-refractivity contribution in [1.82, 2.24) is 4.98 Å². The average Bonchev–Trinajstić information content (AvgIpc) is 2.89. The van der Waals surface area contributed by atoms with Gasteiger partial charge in [-0.25, -0.2) is 13.0 Å². The number of H-pyrrole nitrogens is 1. The zero-order chi connectivity index (χ0) is 18.2. The second-order valence-electron chi connectivity index (χ2n) is 5.30. The summed E-state index contributed by atoms with van der Waals surface area (Å²) in [4.78, 5) is 2.72. The Balaban J connectivity index is 1.74. The summed E-state index contributed by atoms with van der Waals surface area (Å²) >= 11 is 0. The van der Waals surface area contributed by atoms with Gasteiger partial charge in [0.2, 0.25) is 0 Å². The Hall–Kier alpha value is -2.42. The van der Waals surface area contributed by atoms with E-state index in [4.69, 9.17) is 0 Å². The first kappa shape index (κ1) is 17.4. The Morgan fingerprint density at radius 2 is 1.68 bits per heavy atom. The highest BCUT2D eigenvalue weighted by Gasteiger charge is 2.29. The number of benzene rings is 2. The Morgan fingerprint density at radius 1 is 1.04 bits per heavy atom. The van der Waals surface area contributed by atoms with E-state index < -0.39 is 34.4 Å². The van der Waals surface area contributed by atoms with Gasteiger partial charge in [0.15, 0.2) is 11.6 Å². The quantitative estimate of drug-likeness (QED) is 0.637. The van der Waals surface area contributed by atoms with Crippen LogP contribution in [0.2, 0.25) is 0 Å². The monoisotopic (exact) mass is 374 g/mol. The summed E-state index contributed by atoms with van der Waals surface area (Å²) < 4.78 is 78.8. The Labute approximate surface area is 141 Å². The van der Waals surface area contributed by atoms with Crippen molar-refractivity contribution in [3.8, 4) is 0 Å². The van der Waals surface area contributed by atoms with Crippen molar-refractivity contribution in [3.63, 3.8) is 0 Å². The highest BCUT2D eigenvalue weighted by Crippen LogP contribution is 2.29. The molecule has 0 saturated carbocycles. The zero-order valence-electron chi connectivity index (χ0n) is 12.5. The maximum absolute atomic E-state index is 13.3. The van der Waals surface area contributed by atoms with Gasteiger partial charge in [-0.2, -0.15) is 13.2 Å². The van der Waals surface area contributed by atoms with Crippen LogP contribution in [0.4, 0.5) is 27.6 Å². The summed E-state index contributed by atoms with van der Waals surface area (Å²) in [6.07, 6.45) is -3.02. The molecule has 1 aromatic heterocycles. The molecule has 0 aliphatic rings. The second kappa shape index (κ2) is 6.47. The number of nitrogens with one attached hydrogen (secondary N) is 2. The minimum Gasteiger partial charge on any atom is -0.359 e. The van der Waals surface area contributed by atoms with E-state index in [-0.39, 0.29) is 5.75 Å². The lowest BCUT2D eigenvalue weighted by Gasteiger charge is -2.08. The van der Waals surface area contributed by atoms with Crippen molar-refractivity contribution in [2.45, 2.75) is 11.9 Å². The molecule has 9 heteroatoms. The van der Waals surface area contributed by atoms with Gasteiger partial charge in [-0.15, -0.1) is 0 Å². The SMILES string of the molecule is O=S(Cc1ccc(C(F)(F)F)cc1)Nc1c[nH]c2cc(F)c(F)cc12. The molecule has 0 bridgehead atoms. The van der Waals surface area contributed by atoms with Crippen molar-refractivity contribution in [3.05, 3.63) is 65.4 Å². The third-order valence-corrected chi connectivity index (χ3v) is 4.57. The highest BCUT2D eigenvalue weighted by molar-refractivity contribution is 7.85. The second-order valence-corrected chi connectivity index (χ2v) is 6.48. The van der Waals surface area contributed by atoms with Crippen LogP contribution >= 0.6 is 0 Å². The van der Waals surface area contributed by atoms with Gasteiger partial charge in [0.25, 0.3) is 0 Å². The van der Waals surface area contributed by atoms with Crippen molar-refractivity contribution >= 4 is 27.6 Å². The molecule has 132 valence electrons. The number of aromatic amines is 1. The summed E-state index contributed by atoms with van der Waals surface area (Å²) in [5.41, 5.74) is 0.284. The average molecular weight is 374 g/mol. The normalized spacial score (nSPS) is 13.2. The van der Waals surface area contributed by atoms with Crippen molar-refractivity contribution in [2.24, 2.45) is 0 Å². The predicted molar refractivity (Wildman–Crippen MR) is 85.1 cm³/mol. The molecular formula is C16H11F5N2OS. The fourth-order valence-electron chi connectivity index (χ4n) is 2.30. The topological polar surface area (TPSA) is 44.9 Å². The number of fused-ring (bicyclic) bond motifs is 1. The minimum atomic E-state index is -4.43. The molecule has 2 N–H and O–H groups in total. The number of halogens is 5. The van der Waals surface area contributed by atoms with Crippen molar-refractivity contribution < 1.29 is 26.2 Å². The van der Waals surface area contributed by atoms with E-state index >= 15 is 0 Å². The molecule has 2 aromatic carbocycles. The molecule has 0 fully saturated rings. The van der Waals surface area contributed by atoms with Crippen LogP contribution in [-0.2, 0) is 22.9 Å². The smallest absolute Gasteiger partial charge is 0.359 e. The number of aromatic nitrogens is 1. The standard InChI is InChI=1S/C16H11F5N2OS/c17-12-5-11-14(6-13(12)18)22-7-15(11)23-25(24)8-9-1-3-10(4-2-9)16(19,20)21/h1-7,22-23H,8H2. The largest absolute Gasteiger partial charge is 0.416 e. The lowest BCUT2D eigenvalue weighted by atomic mass is 10.1. The van der Waals surface area contributed by atoms with E-state index in [9.17, 15) is 26.2 Å². The Kier molecular flexibility index (Phi) is 4.51. The number of alkyl halides is 3. The molecule has 25 heavy (non-hydrogen) atoms. The zero-order valence-corrected chi connectivity index (χ0v) is 13.3. The van der Waals surface area contributed by atoms with Crippen LogP contribution in [-0.4, -0.2) is 9.19 Å². The molecule has 3 nitrogen and oxygen atoms in total. The first-order chi connectivity index (χ1) is 11.7. The summed E-state index contributed by atoms with van der Waals surface area (Å²) in [6, 6.07) is 6.26. The maximum Gasteiger partial charge on any atom is 0.416 e. The molecule has 1 atom stereocenters. The fourth-order valence-corrected chi connectivity index (χ4v) is 3.28. The van der Waals surface area contributed by atoms with Gasteiger partial charge >= 0.3 is 6.18 Å². The van der Waals surface area contributed by atoms with Crippen LogP contribution < -0.4 is 4.72 Å². The molecule has 0 radical (unpaired) electrons. The molecule has 1 heterocycles. The highest BCUT2D eigenvalue weighted by atomic mass is 32.2. The van der Waals surface area contributed by atoms with Crippen LogP contribution in [0.5, 0.6) is 0 Å². The van der Waals surface area contributed by atoms with Crippen molar-refractivity contribution in [2.75, 3.05) is 4.72 Å². The van der Waals surface area contributed by atoms with E-state index in [2.05, 4.69) is 9.71 Å². The summed E-state index contributed by atoms with van der Waals surface area (Å²) in [5.74, 6) is -2.09. The molecule has 0 aliphatic heterocycles. The van der Waals surface area contributed by atoms with E-state index in [1.54, 1.807) is 0 Å². The van der Waals surface area contributed by atoms with Crippen LogP contribution in [0.3, 0.4) is 0 Å². The first-order valence-corrected chi connectivity index (χ1v) is 8.33. The van der Waals surface area contributed by atoms with Crippen molar-refractivity contribution in [1.29, 1.82) is 0 Å². The summed E-state index contributed by atoms with van der Waals surface area (Å²) in [6.45, 7) is 0. The van der Waals surface area contributed by atoms with Gasteiger partial charge < -0.3 is 9.71 Å². The van der Waals surface area contributed by atoms with Gasteiger partial charge in [0.1, 0.15) is 11.0 Å². The molecule has 0 amide bonds. The predicted octanol–water partition coefficient (Wildman–Crippen LogP) is 4.74. The van der Waals surface area contributed by atoms with Gasteiger partial charge in [-0.3, -0.25) is 0 Å². The maximum atomic E-state index is 13.3. The third-order valence-electron chi connectivity index (χ3n) is 3.53. The summed E-state index contributed by atoms with van der Waals surface area (Å²) in [5, 5.41) is 0.319. The van der Waals surface area contributed by atoms with Gasteiger partial charge in [0, 0.05) is 17.6 Å². The van der Waals surface area contributed by atoms with Gasteiger partial charge in [0.05, 0.1) is 22.5 Å². The molecule has 3 rings (SSSR count). The lowest BCUT2D eigenvalue weighted by molar-refractivity contribution is -0.137. The van der Waals surface area contributed by atoms with E-state index in [0.717, 1.165) is 24.3 Å². The Bertz CT molecular complexity index is 934. The molecule has 1 unspecified atom stereocenters. The fraction of sp³-hybridized carbons (Fsp3) is 0.125. The number of anilines is 1. The minimum absolute atomic E-state index is 0.0471. The third kappa shape index (κ3) is 3.81. The van der Waals surface area contributed by atoms with Gasteiger partial charge in [-0.1, -0.05) is 12.1 Å².